The molecule has 15 heavy (non-hydrogen) atoms. The van der Waals surface area contributed by atoms with Crippen LogP contribution in [0.5, 0.6) is 0 Å². The molecule has 5 heteroatoms. The summed E-state index contributed by atoms with van der Waals surface area (Å²) in [6.45, 7) is 0.997. The van der Waals surface area contributed by atoms with Gasteiger partial charge in [-0.25, -0.2) is 4.98 Å². The molecule has 1 aliphatic rings. The lowest BCUT2D eigenvalue weighted by molar-refractivity contribution is 0.412. The van der Waals surface area contributed by atoms with E-state index in [0.29, 0.717) is 15.2 Å². The van der Waals surface area contributed by atoms with Crippen molar-refractivity contribution >= 4 is 34.8 Å². The Morgan fingerprint density at radius 2 is 2.07 bits per heavy atom. The molecule has 0 spiro atoms. The van der Waals surface area contributed by atoms with Gasteiger partial charge in [0.2, 0.25) is 0 Å². The first-order chi connectivity index (χ1) is 7.20. The van der Waals surface area contributed by atoms with Crippen molar-refractivity contribution in [1.82, 2.24) is 10.3 Å². The van der Waals surface area contributed by atoms with Crippen LogP contribution in [-0.4, -0.2) is 11.5 Å². The molecule has 0 bridgehead atoms. The summed E-state index contributed by atoms with van der Waals surface area (Å²) in [6, 6.07) is 0.208. The van der Waals surface area contributed by atoms with Gasteiger partial charge >= 0.3 is 0 Å². The average molecular weight is 266 g/mol. The highest BCUT2D eigenvalue weighted by molar-refractivity contribution is 6.43. The largest absolute Gasteiger partial charge is 0.310 e. The van der Waals surface area contributed by atoms with Gasteiger partial charge in [0.05, 0.1) is 10.0 Å². The van der Waals surface area contributed by atoms with Crippen LogP contribution in [0.4, 0.5) is 0 Å². The third-order valence-corrected chi connectivity index (χ3v) is 3.69. The lowest BCUT2D eigenvalue weighted by atomic mass is 9.98. The molecule has 1 aliphatic heterocycles. The van der Waals surface area contributed by atoms with E-state index in [1.165, 1.54) is 12.8 Å². The van der Waals surface area contributed by atoms with Crippen molar-refractivity contribution in [1.29, 1.82) is 0 Å². The number of hydrogen-bond donors (Lipinski definition) is 1. The van der Waals surface area contributed by atoms with E-state index < -0.39 is 0 Å². The SMILES string of the molecule is Clc1cnc(Cl)c(Cl)c1[C@@H]1CCCCN1. The Bertz CT molecular complexity index is 362. The molecule has 1 atom stereocenters. The molecule has 0 saturated carbocycles. The van der Waals surface area contributed by atoms with Crippen molar-refractivity contribution in [2.45, 2.75) is 25.3 Å². The number of nitrogens with one attached hydrogen (secondary N) is 1. The molecule has 2 heterocycles. The molecule has 0 aliphatic carbocycles. The number of pyridine rings is 1. The minimum atomic E-state index is 0.208. The number of halogens is 3. The van der Waals surface area contributed by atoms with Crippen molar-refractivity contribution in [2.75, 3.05) is 6.54 Å². The lowest BCUT2D eigenvalue weighted by Crippen LogP contribution is -2.27. The van der Waals surface area contributed by atoms with Gasteiger partial charge in [-0.1, -0.05) is 41.2 Å². The molecule has 1 fully saturated rings. The third kappa shape index (κ3) is 2.39. The van der Waals surface area contributed by atoms with Crippen LogP contribution in [0.15, 0.2) is 6.20 Å². The molecule has 1 N–H and O–H groups in total. The highest BCUT2D eigenvalue weighted by Gasteiger charge is 2.22. The minimum absolute atomic E-state index is 0.208. The Morgan fingerprint density at radius 1 is 1.27 bits per heavy atom. The fraction of sp³-hybridized carbons (Fsp3) is 0.500. The highest BCUT2D eigenvalue weighted by atomic mass is 35.5. The maximum atomic E-state index is 6.11. The van der Waals surface area contributed by atoms with Gasteiger partial charge in [0, 0.05) is 17.8 Å². The van der Waals surface area contributed by atoms with E-state index in [4.69, 9.17) is 34.8 Å². The first kappa shape index (κ1) is 11.5. The maximum absolute atomic E-state index is 6.11. The topological polar surface area (TPSA) is 24.9 Å². The smallest absolute Gasteiger partial charge is 0.148 e. The molecule has 0 radical (unpaired) electrons. The summed E-state index contributed by atoms with van der Waals surface area (Å²) in [7, 11) is 0. The Labute approximate surface area is 104 Å². The molecule has 1 saturated heterocycles. The van der Waals surface area contributed by atoms with E-state index in [-0.39, 0.29) is 6.04 Å². The molecule has 0 unspecified atom stereocenters. The van der Waals surface area contributed by atoms with E-state index in [0.717, 1.165) is 18.5 Å². The van der Waals surface area contributed by atoms with Gasteiger partial charge in [-0.15, -0.1) is 0 Å². The predicted octanol–water partition coefficient (Wildman–Crippen LogP) is 3.86. The van der Waals surface area contributed by atoms with Crippen LogP contribution in [0.1, 0.15) is 30.9 Å². The van der Waals surface area contributed by atoms with Gasteiger partial charge in [0.1, 0.15) is 5.15 Å². The summed E-state index contributed by atoms with van der Waals surface area (Å²) < 4.78 is 0. The number of rotatable bonds is 1. The molecule has 2 rings (SSSR count). The molecule has 1 aromatic heterocycles. The zero-order chi connectivity index (χ0) is 10.8. The van der Waals surface area contributed by atoms with Gasteiger partial charge < -0.3 is 5.32 Å². The second kappa shape index (κ2) is 4.88. The van der Waals surface area contributed by atoms with E-state index in [1.54, 1.807) is 6.20 Å². The molecular weight excluding hydrogens is 254 g/mol. The fourth-order valence-corrected chi connectivity index (χ4v) is 2.63. The van der Waals surface area contributed by atoms with E-state index in [2.05, 4.69) is 10.3 Å². The van der Waals surface area contributed by atoms with Gasteiger partial charge in [-0.05, 0) is 19.4 Å². The summed E-state index contributed by atoms with van der Waals surface area (Å²) in [5, 5.41) is 4.77. The van der Waals surface area contributed by atoms with Crippen molar-refractivity contribution in [2.24, 2.45) is 0 Å². The monoisotopic (exact) mass is 264 g/mol. The van der Waals surface area contributed by atoms with Crippen LogP contribution in [0.3, 0.4) is 0 Å². The molecule has 2 nitrogen and oxygen atoms in total. The Kier molecular flexibility index (Phi) is 3.73. The second-order valence-corrected chi connectivity index (χ2v) is 4.77. The quantitative estimate of drug-likeness (QED) is 0.780. The second-order valence-electron chi connectivity index (χ2n) is 3.63. The van der Waals surface area contributed by atoms with Crippen LogP contribution in [0.25, 0.3) is 0 Å². The van der Waals surface area contributed by atoms with Crippen molar-refractivity contribution in [3.05, 3.63) is 27.0 Å². The Hall–Kier alpha value is -0.0200. The first-order valence-electron chi connectivity index (χ1n) is 4.93. The van der Waals surface area contributed by atoms with Crippen LogP contribution in [-0.2, 0) is 0 Å². The summed E-state index contributed by atoms with van der Waals surface area (Å²) in [5.41, 5.74) is 0.887. The average Bonchev–Trinajstić information content (AvgIpc) is 2.26. The standard InChI is InChI=1S/C10H11Cl3N2/c11-6-5-15-10(13)9(12)8(6)7-3-1-2-4-14-7/h5,7,14H,1-4H2/t7-/m0/s1. The molecule has 0 aromatic carbocycles. The van der Waals surface area contributed by atoms with Gasteiger partial charge in [0.25, 0.3) is 0 Å². The Balaban J connectivity index is 2.36. The van der Waals surface area contributed by atoms with Crippen LogP contribution >= 0.6 is 34.8 Å². The van der Waals surface area contributed by atoms with Gasteiger partial charge in [-0.2, -0.15) is 0 Å². The fourth-order valence-electron chi connectivity index (χ4n) is 1.87. The molecule has 1 aromatic rings. The number of nitrogens with zero attached hydrogens (tertiary/aromatic N) is 1. The number of hydrogen-bond acceptors (Lipinski definition) is 2. The van der Waals surface area contributed by atoms with Gasteiger partial charge in [0.15, 0.2) is 0 Å². The highest BCUT2D eigenvalue weighted by Crippen LogP contribution is 2.36. The van der Waals surface area contributed by atoms with Crippen molar-refractivity contribution < 1.29 is 0 Å². The predicted molar refractivity (Wildman–Crippen MR) is 63.9 cm³/mol. The van der Waals surface area contributed by atoms with Crippen LogP contribution < -0.4 is 5.32 Å². The first-order valence-corrected chi connectivity index (χ1v) is 6.06. The lowest BCUT2D eigenvalue weighted by Gasteiger charge is -2.25. The normalized spacial score (nSPS) is 21.7. The summed E-state index contributed by atoms with van der Waals surface area (Å²) in [6.07, 6.45) is 4.98. The number of piperidine rings is 1. The molecular formula is C10H11Cl3N2. The minimum Gasteiger partial charge on any atom is -0.310 e. The zero-order valence-corrected chi connectivity index (χ0v) is 10.3. The third-order valence-electron chi connectivity index (χ3n) is 2.62. The zero-order valence-electron chi connectivity index (χ0n) is 8.06. The Morgan fingerprint density at radius 3 is 2.73 bits per heavy atom. The summed E-state index contributed by atoms with van der Waals surface area (Å²) in [5.74, 6) is 0. The maximum Gasteiger partial charge on any atom is 0.148 e. The van der Waals surface area contributed by atoms with Crippen LogP contribution in [0.2, 0.25) is 15.2 Å². The van der Waals surface area contributed by atoms with E-state index in [1.807, 2.05) is 0 Å². The number of aromatic nitrogens is 1. The molecule has 0 amide bonds. The van der Waals surface area contributed by atoms with E-state index >= 15 is 0 Å². The molecule has 82 valence electrons. The van der Waals surface area contributed by atoms with E-state index in [9.17, 15) is 0 Å². The summed E-state index contributed by atoms with van der Waals surface area (Å²) in [4.78, 5) is 3.91. The van der Waals surface area contributed by atoms with Crippen molar-refractivity contribution in [3.8, 4) is 0 Å². The van der Waals surface area contributed by atoms with Crippen LogP contribution in [0, 0.1) is 0 Å². The van der Waals surface area contributed by atoms with Gasteiger partial charge in [-0.3, -0.25) is 0 Å². The van der Waals surface area contributed by atoms with Crippen molar-refractivity contribution in [3.63, 3.8) is 0 Å². The summed E-state index contributed by atoms with van der Waals surface area (Å²) >= 11 is 18.1.